The van der Waals surface area contributed by atoms with Gasteiger partial charge in [-0.2, -0.15) is 4.39 Å². The number of para-hydroxylation sites is 1. The van der Waals surface area contributed by atoms with Crippen molar-refractivity contribution in [2.45, 2.75) is 18.4 Å². The maximum atomic E-state index is 13.7. The SMILES string of the molecule is O=c1c2c(-c3ccnc(F)c3)cccc2ccn1C1CC1c1ccc2ccccc2n1. The van der Waals surface area contributed by atoms with Crippen molar-refractivity contribution in [1.29, 1.82) is 0 Å². The van der Waals surface area contributed by atoms with E-state index in [1.807, 2.05) is 59.3 Å². The molecule has 0 saturated heterocycles. The van der Waals surface area contributed by atoms with Gasteiger partial charge >= 0.3 is 0 Å². The Labute approximate surface area is 177 Å². The van der Waals surface area contributed by atoms with E-state index >= 15 is 0 Å². The van der Waals surface area contributed by atoms with E-state index < -0.39 is 5.95 Å². The summed E-state index contributed by atoms with van der Waals surface area (Å²) in [4.78, 5) is 22.0. The molecule has 1 aliphatic carbocycles. The summed E-state index contributed by atoms with van der Waals surface area (Å²) < 4.78 is 15.5. The third-order valence-electron chi connectivity index (χ3n) is 6.11. The average molecular weight is 407 g/mol. The fourth-order valence-corrected chi connectivity index (χ4v) is 4.47. The van der Waals surface area contributed by atoms with Crippen LogP contribution in [0.4, 0.5) is 4.39 Å². The molecule has 3 aromatic heterocycles. The smallest absolute Gasteiger partial charge is 0.259 e. The van der Waals surface area contributed by atoms with Crippen molar-refractivity contribution >= 4 is 21.7 Å². The van der Waals surface area contributed by atoms with Gasteiger partial charge < -0.3 is 4.57 Å². The molecule has 0 aliphatic heterocycles. The fourth-order valence-electron chi connectivity index (χ4n) is 4.47. The molecule has 1 aliphatic rings. The molecule has 2 unspecified atom stereocenters. The zero-order valence-corrected chi connectivity index (χ0v) is 16.6. The van der Waals surface area contributed by atoms with Gasteiger partial charge in [0.25, 0.3) is 5.56 Å². The number of rotatable bonds is 3. The Kier molecular flexibility index (Phi) is 3.96. The minimum atomic E-state index is -0.560. The van der Waals surface area contributed by atoms with Crippen LogP contribution in [0.2, 0.25) is 0 Å². The second-order valence-corrected chi connectivity index (χ2v) is 8.00. The van der Waals surface area contributed by atoms with Crippen LogP contribution in [0, 0.1) is 5.95 Å². The summed E-state index contributed by atoms with van der Waals surface area (Å²) in [5.74, 6) is -0.347. The second-order valence-electron chi connectivity index (χ2n) is 8.00. The van der Waals surface area contributed by atoms with Gasteiger partial charge in [-0.25, -0.2) is 4.98 Å². The van der Waals surface area contributed by atoms with Crippen LogP contribution in [-0.4, -0.2) is 14.5 Å². The molecule has 150 valence electrons. The van der Waals surface area contributed by atoms with E-state index in [-0.39, 0.29) is 17.5 Å². The zero-order chi connectivity index (χ0) is 20.9. The van der Waals surface area contributed by atoms with Crippen LogP contribution in [0.5, 0.6) is 0 Å². The van der Waals surface area contributed by atoms with Crippen LogP contribution in [0.15, 0.2) is 90.0 Å². The van der Waals surface area contributed by atoms with E-state index in [4.69, 9.17) is 4.98 Å². The quantitative estimate of drug-likeness (QED) is 0.372. The number of fused-ring (bicyclic) bond motifs is 2. The monoisotopic (exact) mass is 407 g/mol. The molecule has 31 heavy (non-hydrogen) atoms. The lowest BCUT2D eigenvalue weighted by molar-refractivity contribution is 0.584. The Morgan fingerprint density at radius 3 is 2.71 bits per heavy atom. The third-order valence-corrected chi connectivity index (χ3v) is 6.11. The number of benzene rings is 2. The van der Waals surface area contributed by atoms with Gasteiger partial charge in [-0.3, -0.25) is 9.78 Å². The lowest BCUT2D eigenvalue weighted by atomic mass is 10.0. The fraction of sp³-hybridized carbons (Fsp3) is 0.115. The summed E-state index contributed by atoms with van der Waals surface area (Å²) in [5.41, 5.74) is 3.30. The molecular weight excluding hydrogens is 389 g/mol. The molecule has 0 spiro atoms. The number of pyridine rings is 3. The number of hydrogen-bond acceptors (Lipinski definition) is 3. The zero-order valence-electron chi connectivity index (χ0n) is 16.6. The Bertz CT molecular complexity index is 1520. The minimum absolute atomic E-state index is 0.0568. The number of aromatic nitrogens is 3. The van der Waals surface area contributed by atoms with Gasteiger partial charge in [0.1, 0.15) is 0 Å². The molecule has 1 fully saturated rings. The molecule has 1 saturated carbocycles. The van der Waals surface area contributed by atoms with Crippen LogP contribution < -0.4 is 5.56 Å². The first-order valence-corrected chi connectivity index (χ1v) is 10.3. The highest BCUT2D eigenvalue weighted by molar-refractivity contribution is 5.95. The predicted octanol–water partition coefficient (Wildman–Crippen LogP) is 5.48. The van der Waals surface area contributed by atoms with Gasteiger partial charge in [0.05, 0.1) is 10.9 Å². The Morgan fingerprint density at radius 1 is 0.935 bits per heavy atom. The van der Waals surface area contributed by atoms with Crippen LogP contribution >= 0.6 is 0 Å². The summed E-state index contributed by atoms with van der Waals surface area (Å²) in [5, 5.41) is 2.56. The van der Waals surface area contributed by atoms with Crippen LogP contribution in [0.1, 0.15) is 24.1 Å². The molecule has 6 rings (SSSR count). The van der Waals surface area contributed by atoms with Crippen molar-refractivity contribution in [2.24, 2.45) is 0 Å². The molecule has 5 aromatic rings. The summed E-state index contributed by atoms with van der Waals surface area (Å²) in [6.45, 7) is 0. The van der Waals surface area contributed by atoms with E-state index in [0.717, 1.165) is 34.0 Å². The van der Waals surface area contributed by atoms with Crippen molar-refractivity contribution in [2.75, 3.05) is 0 Å². The molecular formula is C26H18FN3O. The summed E-state index contributed by atoms with van der Waals surface area (Å²) in [6.07, 6.45) is 4.17. The molecule has 3 heterocycles. The molecule has 0 amide bonds. The highest BCUT2D eigenvalue weighted by Crippen LogP contribution is 2.50. The van der Waals surface area contributed by atoms with Gasteiger partial charge in [-0.1, -0.05) is 42.5 Å². The van der Waals surface area contributed by atoms with E-state index in [0.29, 0.717) is 10.9 Å². The Morgan fingerprint density at radius 2 is 1.81 bits per heavy atom. The molecule has 4 nitrogen and oxygen atoms in total. The Hall–Kier alpha value is -3.86. The van der Waals surface area contributed by atoms with E-state index in [2.05, 4.69) is 17.1 Å². The molecule has 2 atom stereocenters. The number of hydrogen-bond donors (Lipinski definition) is 0. The van der Waals surface area contributed by atoms with Crippen LogP contribution in [-0.2, 0) is 0 Å². The summed E-state index contributed by atoms with van der Waals surface area (Å²) in [7, 11) is 0. The highest BCUT2D eigenvalue weighted by atomic mass is 19.1. The first kappa shape index (κ1) is 18.0. The maximum Gasteiger partial charge on any atom is 0.259 e. The largest absolute Gasteiger partial charge is 0.311 e. The van der Waals surface area contributed by atoms with Gasteiger partial charge in [-0.15, -0.1) is 0 Å². The first-order valence-electron chi connectivity index (χ1n) is 10.3. The summed E-state index contributed by atoms with van der Waals surface area (Å²) >= 11 is 0. The van der Waals surface area contributed by atoms with Gasteiger partial charge in [0.15, 0.2) is 0 Å². The van der Waals surface area contributed by atoms with Gasteiger partial charge in [-0.05, 0) is 47.2 Å². The number of nitrogens with zero attached hydrogens (tertiary/aromatic N) is 3. The standard InChI is InChI=1S/C26H18FN3O/c27-24-14-18(10-12-28-24)19-6-3-5-17-11-13-30(26(31)25(17)19)23-15-20(23)22-9-8-16-4-1-2-7-21(16)29-22/h1-14,20,23H,15H2. The topological polar surface area (TPSA) is 47.8 Å². The van der Waals surface area contributed by atoms with Gasteiger partial charge in [0.2, 0.25) is 5.95 Å². The maximum absolute atomic E-state index is 13.7. The van der Waals surface area contributed by atoms with Crippen molar-refractivity contribution < 1.29 is 4.39 Å². The van der Waals surface area contributed by atoms with Crippen molar-refractivity contribution in [3.63, 3.8) is 0 Å². The average Bonchev–Trinajstić information content (AvgIpc) is 3.59. The lowest BCUT2D eigenvalue weighted by Gasteiger charge is -2.11. The molecule has 2 aromatic carbocycles. The lowest BCUT2D eigenvalue weighted by Crippen LogP contribution is -2.19. The van der Waals surface area contributed by atoms with Gasteiger partial charge in [0, 0.05) is 41.5 Å². The molecule has 0 N–H and O–H groups in total. The molecule has 0 radical (unpaired) electrons. The number of halogens is 1. The second kappa shape index (κ2) is 6.84. The third kappa shape index (κ3) is 3.01. The normalized spacial score (nSPS) is 17.8. The molecule has 5 heteroatoms. The van der Waals surface area contributed by atoms with E-state index in [1.54, 1.807) is 6.07 Å². The van der Waals surface area contributed by atoms with Crippen molar-refractivity contribution in [1.82, 2.24) is 14.5 Å². The summed E-state index contributed by atoms with van der Waals surface area (Å²) in [6, 6.07) is 23.0. The van der Waals surface area contributed by atoms with E-state index in [1.165, 1.54) is 12.3 Å². The van der Waals surface area contributed by atoms with Crippen molar-refractivity contribution in [3.05, 3.63) is 107 Å². The Balaban J connectivity index is 1.43. The van der Waals surface area contributed by atoms with Crippen molar-refractivity contribution in [3.8, 4) is 11.1 Å². The molecule has 0 bridgehead atoms. The minimum Gasteiger partial charge on any atom is -0.311 e. The van der Waals surface area contributed by atoms with E-state index in [9.17, 15) is 9.18 Å². The van der Waals surface area contributed by atoms with Crippen LogP contribution in [0.3, 0.4) is 0 Å². The first-order chi connectivity index (χ1) is 15.2. The highest BCUT2D eigenvalue weighted by Gasteiger charge is 2.41. The van der Waals surface area contributed by atoms with Crippen LogP contribution in [0.25, 0.3) is 32.8 Å². The predicted molar refractivity (Wildman–Crippen MR) is 120 cm³/mol.